The van der Waals surface area contributed by atoms with Crippen molar-refractivity contribution in [2.24, 2.45) is 28.6 Å². The van der Waals surface area contributed by atoms with Gasteiger partial charge >= 0.3 is 0 Å². The van der Waals surface area contributed by atoms with E-state index in [1.807, 2.05) is 0 Å². The second-order valence-corrected chi connectivity index (χ2v) is 8.69. The summed E-state index contributed by atoms with van der Waals surface area (Å²) >= 11 is 0. The highest BCUT2D eigenvalue weighted by Crippen LogP contribution is 2.64. The molecule has 0 aliphatic heterocycles. The van der Waals surface area contributed by atoms with Gasteiger partial charge in [0.2, 0.25) is 0 Å². The molecule has 3 N–H and O–H groups in total. The van der Waals surface area contributed by atoms with Crippen molar-refractivity contribution in [3.05, 3.63) is 11.6 Å². The first-order valence-corrected chi connectivity index (χ1v) is 9.18. The zero-order valence-corrected chi connectivity index (χ0v) is 13.7. The number of aliphatic hydroxyl groups excluding tert-OH is 3. The van der Waals surface area contributed by atoms with E-state index >= 15 is 0 Å². The van der Waals surface area contributed by atoms with Gasteiger partial charge in [-0.25, -0.2) is 0 Å². The Morgan fingerprint density at radius 3 is 2.68 bits per heavy atom. The van der Waals surface area contributed by atoms with E-state index < -0.39 is 0 Å². The van der Waals surface area contributed by atoms with E-state index in [4.69, 9.17) is 0 Å². The summed E-state index contributed by atoms with van der Waals surface area (Å²) in [6.07, 6.45) is 9.91. The fourth-order valence-corrected chi connectivity index (χ4v) is 6.70. The van der Waals surface area contributed by atoms with E-state index in [1.54, 1.807) is 0 Å². The lowest BCUT2D eigenvalue weighted by Gasteiger charge is -2.58. The van der Waals surface area contributed by atoms with Gasteiger partial charge in [-0.2, -0.15) is 0 Å². The lowest BCUT2D eigenvalue weighted by Crippen LogP contribution is -2.53. The molecule has 3 saturated carbocycles. The van der Waals surface area contributed by atoms with Crippen LogP contribution in [0.25, 0.3) is 0 Å². The molecule has 4 aliphatic rings. The third kappa shape index (κ3) is 1.85. The van der Waals surface area contributed by atoms with E-state index in [-0.39, 0.29) is 29.6 Å². The second kappa shape index (κ2) is 5.06. The van der Waals surface area contributed by atoms with Gasteiger partial charge in [-0.1, -0.05) is 18.6 Å². The van der Waals surface area contributed by atoms with E-state index in [1.165, 1.54) is 5.57 Å². The summed E-state index contributed by atoms with van der Waals surface area (Å²) in [6.45, 7) is 2.53. The highest BCUT2D eigenvalue weighted by molar-refractivity contribution is 5.26. The molecule has 2 unspecified atom stereocenters. The van der Waals surface area contributed by atoms with Gasteiger partial charge in [0.25, 0.3) is 0 Å². The maximum absolute atomic E-state index is 10.5. The van der Waals surface area contributed by atoms with E-state index in [2.05, 4.69) is 13.0 Å². The van der Waals surface area contributed by atoms with Crippen LogP contribution >= 0.6 is 0 Å². The second-order valence-electron chi connectivity index (χ2n) is 8.69. The summed E-state index contributed by atoms with van der Waals surface area (Å²) in [5.74, 6) is 1.77. The van der Waals surface area contributed by atoms with Gasteiger partial charge < -0.3 is 15.3 Å². The molecule has 3 nitrogen and oxygen atoms in total. The molecule has 3 fully saturated rings. The topological polar surface area (TPSA) is 60.7 Å². The third-order valence-electron chi connectivity index (χ3n) is 8.03. The Bertz CT molecular complexity index is 487. The zero-order valence-electron chi connectivity index (χ0n) is 13.7. The first-order chi connectivity index (χ1) is 10.5. The van der Waals surface area contributed by atoms with Crippen molar-refractivity contribution in [3.8, 4) is 0 Å². The average Bonchev–Trinajstić information content (AvgIpc) is 2.82. The molecule has 0 heterocycles. The van der Waals surface area contributed by atoms with Crippen LogP contribution < -0.4 is 0 Å². The molecule has 0 radical (unpaired) electrons. The molecule has 7 atom stereocenters. The lowest BCUT2D eigenvalue weighted by atomic mass is 9.47. The van der Waals surface area contributed by atoms with Crippen molar-refractivity contribution in [3.63, 3.8) is 0 Å². The summed E-state index contributed by atoms with van der Waals surface area (Å²) in [5, 5.41) is 30.8. The smallest absolute Gasteiger partial charge is 0.0596 e. The zero-order chi connectivity index (χ0) is 15.5. The normalized spacial score (nSPS) is 54.2. The van der Waals surface area contributed by atoms with Gasteiger partial charge in [0.05, 0.1) is 18.8 Å². The summed E-state index contributed by atoms with van der Waals surface area (Å²) in [5.41, 5.74) is 1.35. The molecule has 0 spiro atoms. The quantitative estimate of drug-likeness (QED) is 0.653. The fourth-order valence-electron chi connectivity index (χ4n) is 6.70. The maximum atomic E-state index is 10.5. The molecule has 124 valence electrons. The highest BCUT2D eigenvalue weighted by Gasteiger charge is 2.59. The number of hydrogen-bond donors (Lipinski definition) is 3. The molecule has 3 heteroatoms. The Balaban J connectivity index is 1.70. The van der Waals surface area contributed by atoms with Gasteiger partial charge in [0, 0.05) is 5.41 Å². The van der Waals surface area contributed by atoms with Gasteiger partial charge in [0.1, 0.15) is 0 Å². The van der Waals surface area contributed by atoms with Crippen molar-refractivity contribution in [1.82, 2.24) is 0 Å². The SMILES string of the molecule is C[C@]12CC[C@@H]3[C@@H](CC=C4CC(O)CC[C@@]43CO)[C@@H]1CCC2O. The summed E-state index contributed by atoms with van der Waals surface area (Å²) < 4.78 is 0. The van der Waals surface area contributed by atoms with Crippen LogP contribution in [0.4, 0.5) is 0 Å². The monoisotopic (exact) mass is 306 g/mol. The molecule has 0 bridgehead atoms. The minimum Gasteiger partial charge on any atom is -0.395 e. The number of hydrogen-bond acceptors (Lipinski definition) is 3. The predicted octanol–water partition coefficient (Wildman–Crippen LogP) is 2.64. The molecule has 0 aromatic heterocycles. The van der Waals surface area contributed by atoms with Crippen LogP contribution in [-0.2, 0) is 0 Å². The molecule has 4 aliphatic carbocycles. The predicted molar refractivity (Wildman–Crippen MR) is 85.1 cm³/mol. The molecular weight excluding hydrogens is 276 g/mol. The Hall–Kier alpha value is -0.380. The van der Waals surface area contributed by atoms with Crippen molar-refractivity contribution in [2.45, 2.75) is 70.5 Å². The van der Waals surface area contributed by atoms with Crippen LogP contribution in [-0.4, -0.2) is 34.1 Å². The van der Waals surface area contributed by atoms with Crippen molar-refractivity contribution in [1.29, 1.82) is 0 Å². The molecular formula is C19H30O3. The Labute approximate surface area is 133 Å². The van der Waals surface area contributed by atoms with E-state index in [0.29, 0.717) is 17.8 Å². The van der Waals surface area contributed by atoms with Crippen LogP contribution in [0.1, 0.15) is 58.3 Å². The molecule has 0 aromatic carbocycles. The average molecular weight is 306 g/mol. The van der Waals surface area contributed by atoms with Crippen LogP contribution in [0.15, 0.2) is 11.6 Å². The van der Waals surface area contributed by atoms with Crippen molar-refractivity contribution in [2.75, 3.05) is 6.61 Å². The van der Waals surface area contributed by atoms with E-state index in [9.17, 15) is 15.3 Å². The maximum Gasteiger partial charge on any atom is 0.0596 e. The van der Waals surface area contributed by atoms with Crippen LogP contribution in [0, 0.1) is 28.6 Å². The Morgan fingerprint density at radius 1 is 1.09 bits per heavy atom. The third-order valence-corrected chi connectivity index (χ3v) is 8.03. The molecule has 4 rings (SSSR count). The van der Waals surface area contributed by atoms with Crippen LogP contribution in [0.5, 0.6) is 0 Å². The van der Waals surface area contributed by atoms with Crippen LogP contribution in [0.2, 0.25) is 0 Å². The first kappa shape index (κ1) is 15.2. The number of aliphatic hydroxyl groups is 3. The van der Waals surface area contributed by atoms with Gasteiger partial charge in [-0.3, -0.25) is 0 Å². The molecule has 0 saturated heterocycles. The fraction of sp³-hybridized carbons (Fsp3) is 0.895. The van der Waals surface area contributed by atoms with Crippen LogP contribution in [0.3, 0.4) is 0 Å². The summed E-state index contributed by atoms with van der Waals surface area (Å²) in [7, 11) is 0. The summed E-state index contributed by atoms with van der Waals surface area (Å²) in [6, 6.07) is 0. The first-order valence-electron chi connectivity index (χ1n) is 9.18. The number of fused-ring (bicyclic) bond motifs is 5. The largest absolute Gasteiger partial charge is 0.395 e. The lowest BCUT2D eigenvalue weighted by molar-refractivity contribution is -0.0889. The minimum atomic E-state index is -0.218. The molecule has 0 aromatic rings. The Morgan fingerprint density at radius 2 is 1.91 bits per heavy atom. The molecule has 22 heavy (non-hydrogen) atoms. The highest BCUT2D eigenvalue weighted by atomic mass is 16.3. The molecule has 0 amide bonds. The summed E-state index contributed by atoms with van der Waals surface area (Å²) in [4.78, 5) is 0. The number of allylic oxidation sites excluding steroid dienone is 1. The van der Waals surface area contributed by atoms with Crippen molar-refractivity contribution >= 4 is 0 Å². The minimum absolute atomic E-state index is 0.0724. The standard InChI is InChI=1S/C19H30O3/c1-18-8-7-16-14(15(18)4-5-17(18)22)3-2-12-10-13(21)6-9-19(12,16)11-20/h2,13-17,20-22H,3-11H2,1H3/t13?,14-,15-,16+,17?,18-,19+/m0/s1. The number of rotatable bonds is 1. The van der Waals surface area contributed by atoms with Gasteiger partial charge in [-0.15, -0.1) is 0 Å². The van der Waals surface area contributed by atoms with Crippen molar-refractivity contribution < 1.29 is 15.3 Å². The van der Waals surface area contributed by atoms with E-state index in [0.717, 1.165) is 51.4 Å². The Kier molecular flexibility index (Phi) is 3.49. The van der Waals surface area contributed by atoms with Gasteiger partial charge in [0.15, 0.2) is 0 Å². The van der Waals surface area contributed by atoms with Gasteiger partial charge in [-0.05, 0) is 74.5 Å².